The number of ether oxygens (including phenoxy) is 1. The summed E-state index contributed by atoms with van der Waals surface area (Å²) in [6, 6.07) is 0.816. The molecule has 3 aliphatic rings. The summed E-state index contributed by atoms with van der Waals surface area (Å²) < 4.78 is 5.44. The zero-order chi connectivity index (χ0) is 14.7. The second kappa shape index (κ2) is 7.10. The number of hydrogen-bond donors (Lipinski definition) is 1. The molecule has 2 saturated carbocycles. The van der Waals surface area contributed by atoms with E-state index in [1.165, 1.54) is 64.2 Å². The Morgan fingerprint density at radius 1 is 0.857 bits per heavy atom. The molecule has 2 N–H and O–H groups in total. The van der Waals surface area contributed by atoms with Crippen LogP contribution in [0.1, 0.15) is 64.2 Å². The predicted molar refractivity (Wildman–Crippen MR) is 82.9 cm³/mol. The van der Waals surface area contributed by atoms with Crippen LogP contribution < -0.4 is 5.73 Å². The van der Waals surface area contributed by atoms with Crippen LogP contribution in [0.4, 0.5) is 0 Å². The monoisotopic (exact) mass is 294 g/mol. The minimum absolute atomic E-state index is 0.103. The van der Waals surface area contributed by atoms with Gasteiger partial charge in [-0.05, 0) is 25.7 Å². The normalized spacial score (nSPS) is 32.2. The Balaban J connectivity index is 1.74. The van der Waals surface area contributed by atoms with Gasteiger partial charge in [-0.15, -0.1) is 0 Å². The van der Waals surface area contributed by atoms with Crippen molar-refractivity contribution in [2.75, 3.05) is 13.2 Å². The molecule has 0 aromatic heterocycles. The summed E-state index contributed by atoms with van der Waals surface area (Å²) in [6.07, 6.45) is 12.5. The van der Waals surface area contributed by atoms with E-state index in [1.54, 1.807) is 0 Å². The Morgan fingerprint density at radius 3 is 1.81 bits per heavy atom. The number of carbonyl (C=O) groups is 1. The maximum absolute atomic E-state index is 13.1. The van der Waals surface area contributed by atoms with Crippen LogP contribution in [0, 0.1) is 5.92 Å². The predicted octanol–water partition coefficient (Wildman–Crippen LogP) is 2.45. The van der Waals surface area contributed by atoms with Crippen LogP contribution in [0.25, 0.3) is 0 Å². The third kappa shape index (κ3) is 3.42. The van der Waals surface area contributed by atoms with E-state index in [0.717, 1.165) is 0 Å². The molecule has 0 radical (unpaired) electrons. The van der Waals surface area contributed by atoms with Gasteiger partial charge in [0, 0.05) is 18.1 Å². The molecule has 4 nitrogen and oxygen atoms in total. The van der Waals surface area contributed by atoms with Crippen molar-refractivity contribution in [1.29, 1.82) is 0 Å². The van der Waals surface area contributed by atoms with Gasteiger partial charge in [0.25, 0.3) is 0 Å². The standard InChI is InChI=1S/C17H30N2O2/c18-16-12-21-11-15(16)17(20)19(13-7-3-1-4-8-13)14-9-5-2-6-10-14/h13-16H,1-12,18H2. The number of nitrogens with two attached hydrogens (primary N) is 1. The average molecular weight is 294 g/mol. The van der Waals surface area contributed by atoms with E-state index in [9.17, 15) is 4.79 Å². The number of nitrogens with zero attached hydrogens (tertiary/aromatic N) is 1. The van der Waals surface area contributed by atoms with Gasteiger partial charge in [-0.25, -0.2) is 0 Å². The van der Waals surface area contributed by atoms with Crippen molar-refractivity contribution in [3.63, 3.8) is 0 Å². The highest BCUT2D eigenvalue weighted by Gasteiger charge is 2.40. The SMILES string of the molecule is NC1COCC1C(=O)N(C1CCCCC1)C1CCCCC1. The lowest BCUT2D eigenvalue weighted by molar-refractivity contribution is -0.142. The molecule has 1 aliphatic heterocycles. The fraction of sp³-hybridized carbons (Fsp3) is 0.941. The first kappa shape index (κ1) is 15.3. The highest BCUT2D eigenvalue weighted by atomic mass is 16.5. The molecule has 0 aromatic carbocycles. The molecular weight excluding hydrogens is 264 g/mol. The molecule has 0 aromatic rings. The van der Waals surface area contributed by atoms with Crippen molar-refractivity contribution >= 4 is 5.91 Å². The van der Waals surface area contributed by atoms with E-state index < -0.39 is 0 Å². The van der Waals surface area contributed by atoms with Gasteiger partial charge in [0.1, 0.15) is 0 Å². The first-order chi connectivity index (χ1) is 10.3. The summed E-state index contributed by atoms with van der Waals surface area (Å²) >= 11 is 0. The van der Waals surface area contributed by atoms with Gasteiger partial charge in [0.05, 0.1) is 19.1 Å². The Morgan fingerprint density at radius 2 is 1.38 bits per heavy atom. The zero-order valence-corrected chi connectivity index (χ0v) is 13.1. The fourth-order valence-electron chi connectivity index (χ4n) is 4.39. The summed E-state index contributed by atoms with van der Waals surface area (Å²) in [5.41, 5.74) is 6.10. The van der Waals surface area contributed by atoms with Gasteiger partial charge in [-0.2, -0.15) is 0 Å². The molecule has 1 amide bonds. The summed E-state index contributed by atoms with van der Waals surface area (Å²) in [4.78, 5) is 15.4. The zero-order valence-electron chi connectivity index (χ0n) is 13.1. The number of rotatable bonds is 3. The van der Waals surface area contributed by atoms with Gasteiger partial charge in [0.15, 0.2) is 0 Å². The van der Waals surface area contributed by atoms with Gasteiger partial charge in [-0.3, -0.25) is 4.79 Å². The van der Waals surface area contributed by atoms with Crippen molar-refractivity contribution < 1.29 is 9.53 Å². The fourth-order valence-corrected chi connectivity index (χ4v) is 4.39. The van der Waals surface area contributed by atoms with Crippen molar-refractivity contribution in [3.8, 4) is 0 Å². The van der Waals surface area contributed by atoms with Gasteiger partial charge in [-0.1, -0.05) is 38.5 Å². The largest absolute Gasteiger partial charge is 0.379 e. The van der Waals surface area contributed by atoms with Gasteiger partial charge in [0.2, 0.25) is 5.91 Å². The second-order valence-corrected chi connectivity index (χ2v) is 7.14. The molecule has 0 spiro atoms. The van der Waals surface area contributed by atoms with Crippen LogP contribution in [-0.4, -0.2) is 42.1 Å². The third-order valence-corrected chi connectivity index (χ3v) is 5.63. The molecule has 21 heavy (non-hydrogen) atoms. The maximum Gasteiger partial charge on any atom is 0.230 e. The summed E-state index contributed by atoms with van der Waals surface area (Å²) in [7, 11) is 0. The van der Waals surface area contributed by atoms with E-state index in [2.05, 4.69) is 4.90 Å². The molecule has 0 bridgehead atoms. The van der Waals surface area contributed by atoms with Crippen LogP contribution in [0.3, 0.4) is 0 Å². The molecule has 1 heterocycles. The Kier molecular flexibility index (Phi) is 5.17. The van der Waals surface area contributed by atoms with Crippen molar-refractivity contribution in [3.05, 3.63) is 0 Å². The minimum atomic E-state index is -0.104. The van der Waals surface area contributed by atoms with E-state index in [-0.39, 0.29) is 12.0 Å². The van der Waals surface area contributed by atoms with E-state index in [1.807, 2.05) is 0 Å². The Hall–Kier alpha value is -0.610. The third-order valence-electron chi connectivity index (χ3n) is 5.63. The van der Waals surface area contributed by atoms with Crippen LogP contribution >= 0.6 is 0 Å². The lowest BCUT2D eigenvalue weighted by Gasteiger charge is -2.43. The molecule has 2 unspecified atom stereocenters. The van der Waals surface area contributed by atoms with Crippen LogP contribution in [0.2, 0.25) is 0 Å². The lowest BCUT2D eigenvalue weighted by atomic mass is 9.87. The average Bonchev–Trinajstić information content (AvgIpc) is 2.96. The Bertz CT molecular complexity index is 331. The number of hydrogen-bond acceptors (Lipinski definition) is 3. The van der Waals surface area contributed by atoms with Crippen molar-refractivity contribution in [2.45, 2.75) is 82.3 Å². The highest BCUT2D eigenvalue weighted by Crippen LogP contribution is 2.32. The number of carbonyl (C=O) groups excluding carboxylic acids is 1. The van der Waals surface area contributed by atoms with E-state index >= 15 is 0 Å². The number of amides is 1. The maximum atomic E-state index is 13.1. The van der Waals surface area contributed by atoms with Gasteiger partial charge >= 0.3 is 0 Å². The van der Waals surface area contributed by atoms with E-state index in [0.29, 0.717) is 31.2 Å². The lowest BCUT2D eigenvalue weighted by Crippen LogP contribution is -2.53. The molecule has 3 fully saturated rings. The summed E-state index contributed by atoms with van der Waals surface area (Å²) in [5.74, 6) is 0.188. The van der Waals surface area contributed by atoms with Crippen molar-refractivity contribution in [1.82, 2.24) is 4.90 Å². The van der Waals surface area contributed by atoms with Crippen LogP contribution in [-0.2, 0) is 9.53 Å². The smallest absolute Gasteiger partial charge is 0.230 e. The summed E-state index contributed by atoms with van der Waals surface area (Å²) in [6.45, 7) is 1.06. The molecular formula is C17H30N2O2. The van der Waals surface area contributed by atoms with Crippen LogP contribution in [0.15, 0.2) is 0 Å². The molecule has 120 valence electrons. The Labute approximate surface area is 128 Å². The molecule has 4 heteroatoms. The first-order valence-corrected chi connectivity index (χ1v) is 8.93. The minimum Gasteiger partial charge on any atom is -0.379 e. The van der Waals surface area contributed by atoms with Crippen LogP contribution in [0.5, 0.6) is 0 Å². The summed E-state index contributed by atoms with van der Waals surface area (Å²) in [5, 5.41) is 0. The molecule has 2 aliphatic carbocycles. The molecule has 1 saturated heterocycles. The van der Waals surface area contributed by atoms with E-state index in [4.69, 9.17) is 10.5 Å². The highest BCUT2D eigenvalue weighted by molar-refractivity contribution is 5.80. The molecule has 3 rings (SSSR count). The topological polar surface area (TPSA) is 55.6 Å². The second-order valence-electron chi connectivity index (χ2n) is 7.14. The van der Waals surface area contributed by atoms with Gasteiger partial charge < -0.3 is 15.4 Å². The molecule has 2 atom stereocenters. The van der Waals surface area contributed by atoms with Crippen molar-refractivity contribution in [2.24, 2.45) is 11.7 Å². The first-order valence-electron chi connectivity index (χ1n) is 8.93. The quantitative estimate of drug-likeness (QED) is 0.870.